The maximum absolute atomic E-state index is 11.2. The Kier molecular flexibility index (Phi) is 4.91. The lowest BCUT2D eigenvalue weighted by atomic mass is 10.2. The lowest BCUT2D eigenvalue weighted by Gasteiger charge is -2.05. The molecule has 90 valence electrons. The molecule has 0 aromatic carbocycles. The predicted molar refractivity (Wildman–Crippen MR) is 56.6 cm³/mol. The molecule has 0 unspecified atom stereocenters. The van der Waals surface area contributed by atoms with E-state index in [1.807, 2.05) is 13.8 Å². The van der Waals surface area contributed by atoms with Crippen LogP contribution in [0.2, 0.25) is 0 Å². The average Bonchev–Trinajstić information content (AvgIpc) is 2.66. The number of aromatic nitrogens is 2. The number of amides is 1. The lowest BCUT2D eigenvalue weighted by molar-refractivity contribution is -0.123. The van der Waals surface area contributed by atoms with Crippen LogP contribution in [0.5, 0.6) is 0 Å². The summed E-state index contributed by atoms with van der Waals surface area (Å²) in [6.07, 6.45) is 0.561. The van der Waals surface area contributed by atoms with Crippen molar-refractivity contribution in [2.24, 2.45) is 5.92 Å². The predicted octanol–water partition coefficient (Wildman–Crippen LogP) is 0.531. The van der Waals surface area contributed by atoms with Crippen LogP contribution in [0.25, 0.3) is 0 Å². The first-order valence-corrected chi connectivity index (χ1v) is 5.21. The van der Waals surface area contributed by atoms with Gasteiger partial charge >= 0.3 is 0 Å². The summed E-state index contributed by atoms with van der Waals surface area (Å²) in [4.78, 5) is 15.3. The van der Waals surface area contributed by atoms with E-state index < -0.39 is 0 Å². The number of methoxy groups -OCH3 is 1. The Morgan fingerprint density at radius 2 is 2.31 bits per heavy atom. The molecule has 0 saturated carbocycles. The number of carbonyl (C=O) groups is 1. The van der Waals surface area contributed by atoms with Crippen LogP contribution in [-0.2, 0) is 22.6 Å². The second-order valence-corrected chi connectivity index (χ2v) is 3.73. The Morgan fingerprint density at radius 1 is 1.56 bits per heavy atom. The van der Waals surface area contributed by atoms with Gasteiger partial charge in [-0.05, 0) is 0 Å². The smallest absolute Gasteiger partial charge is 0.252 e. The zero-order valence-corrected chi connectivity index (χ0v) is 9.82. The van der Waals surface area contributed by atoms with Crippen molar-refractivity contribution >= 4 is 5.91 Å². The minimum atomic E-state index is -0.00526. The molecule has 0 aliphatic heterocycles. The van der Waals surface area contributed by atoms with Crippen LogP contribution in [0.4, 0.5) is 0 Å². The van der Waals surface area contributed by atoms with E-state index in [2.05, 4.69) is 15.5 Å². The van der Waals surface area contributed by atoms with Crippen molar-refractivity contribution in [3.8, 4) is 0 Å². The molecule has 0 atom stereocenters. The molecular formula is C10H17N3O3. The second kappa shape index (κ2) is 6.22. The Labute approximate surface area is 94.4 Å². The monoisotopic (exact) mass is 227 g/mol. The molecule has 0 spiro atoms. The van der Waals surface area contributed by atoms with Crippen LogP contribution in [0, 0.1) is 5.92 Å². The molecule has 1 rings (SSSR count). The highest BCUT2D eigenvalue weighted by Crippen LogP contribution is 1.99. The van der Waals surface area contributed by atoms with Crippen LogP contribution in [-0.4, -0.2) is 29.7 Å². The zero-order chi connectivity index (χ0) is 12.0. The van der Waals surface area contributed by atoms with Gasteiger partial charge in [-0.2, -0.15) is 4.98 Å². The maximum Gasteiger partial charge on any atom is 0.252 e. The van der Waals surface area contributed by atoms with E-state index in [-0.39, 0.29) is 11.8 Å². The molecule has 0 saturated heterocycles. The van der Waals surface area contributed by atoms with Gasteiger partial charge in [0.15, 0.2) is 5.82 Å². The molecule has 1 amide bonds. The van der Waals surface area contributed by atoms with Crippen molar-refractivity contribution in [1.82, 2.24) is 15.5 Å². The third-order valence-corrected chi connectivity index (χ3v) is 1.95. The summed E-state index contributed by atoms with van der Waals surface area (Å²) in [6, 6.07) is 0. The fourth-order valence-corrected chi connectivity index (χ4v) is 1.08. The van der Waals surface area contributed by atoms with Gasteiger partial charge in [0.1, 0.15) is 6.61 Å². The Bertz CT molecular complexity index is 336. The number of hydrogen-bond acceptors (Lipinski definition) is 5. The minimum Gasteiger partial charge on any atom is -0.375 e. The number of hydrogen-bond donors (Lipinski definition) is 1. The molecule has 1 aromatic rings. The minimum absolute atomic E-state index is 0.00526. The van der Waals surface area contributed by atoms with Crippen LogP contribution >= 0.6 is 0 Å². The fourth-order valence-electron chi connectivity index (χ4n) is 1.08. The van der Waals surface area contributed by atoms with Crippen LogP contribution in [0.15, 0.2) is 4.52 Å². The summed E-state index contributed by atoms with van der Waals surface area (Å²) < 4.78 is 9.76. The van der Waals surface area contributed by atoms with E-state index in [1.165, 1.54) is 0 Å². The summed E-state index contributed by atoms with van der Waals surface area (Å²) in [7, 11) is 1.56. The largest absolute Gasteiger partial charge is 0.375 e. The number of carbonyl (C=O) groups excluding carboxylic acids is 1. The van der Waals surface area contributed by atoms with Gasteiger partial charge in [-0.25, -0.2) is 0 Å². The molecule has 1 heterocycles. The first-order valence-electron chi connectivity index (χ1n) is 5.21. The highest BCUT2D eigenvalue weighted by atomic mass is 16.5. The number of ether oxygens (including phenoxy) is 1. The Balaban J connectivity index is 2.29. The van der Waals surface area contributed by atoms with E-state index in [1.54, 1.807) is 7.11 Å². The lowest BCUT2D eigenvalue weighted by Crippen LogP contribution is -2.29. The standard InChI is InChI=1S/C10H17N3O3/c1-7(2)10(14)11-5-4-8-12-9(6-15-3)16-13-8/h7H,4-6H2,1-3H3,(H,11,14). The highest BCUT2D eigenvalue weighted by molar-refractivity contribution is 5.77. The molecule has 0 aliphatic carbocycles. The van der Waals surface area contributed by atoms with E-state index in [0.717, 1.165) is 0 Å². The van der Waals surface area contributed by atoms with Crippen LogP contribution in [0.3, 0.4) is 0 Å². The molecule has 6 heteroatoms. The van der Waals surface area contributed by atoms with Crippen molar-refractivity contribution in [2.75, 3.05) is 13.7 Å². The van der Waals surface area contributed by atoms with Gasteiger partial charge in [-0.1, -0.05) is 19.0 Å². The van der Waals surface area contributed by atoms with E-state index in [4.69, 9.17) is 9.26 Å². The summed E-state index contributed by atoms with van der Waals surface area (Å²) in [5.41, 5.74) is 0. The zero-order valence-electron chi connectivity index (χ0n) is 9.82. The van der Waals surface area contributed by atoms with Gasteiger partial charge in [0, 0.05) is 26.0 Å². The first-order chi connectivity index (χ1) is 7.63. The van der Waals surface area contributed by atoms with Gasteiger partial charge in [0.2, 0.25) is 5.91 Å². The van der Waals surface area contributed by atoms with E-state index in [0.29, 0.717) is 31.3 Å². The number of rotatable bonds is 6. The average molecular weight is 227 g/mol. The third kappa shape index (κ3) is 3.98. The van der Waals surface area contributed by atoms with Crippen molar-refractivity contribution in [3.63, 3.8) is 0 Å². The summed E-state index contributed by atoms with van der Waals surface area (Å²) >= 11 is 0. The molecule has 0 aliphatic rings. The molecule has 6 nitrogen and oxygen atoms in total. The Hall–Kier alpha value is -1.43. The quantitative estimate of drug-likeness (QED) is 0.767. The maximum atomic E-state index is 11.2. The second-order valence-electron chi connectivity index (χ2n) is 3.73. The number of nitrogens with zero attached hydrogens (tertiary/aromatic N) is 2. The Morgan fingerprint density at radius 3 is 2.94 bits per heavy atom. The SMILES string of the molecule is COCc1nc(CCNC(=O)C(C)C)no1. The third-order valence-electron chi connectivity index (χ3n) is 1.95. The van der Waals surface area contributed by atoms with E-state index in [9.17, 15) is 4.79 Å². The number of nitrogens with one attached hydrogen (secondary N) is 1. The van der Waals surface area contributed by atoms with Gasteiger partial charge in [-0.3, -0.25) is 4.79 Å². The van der Waals surface area contributed by atoms with Crippen LogP contribution in [0.1, 0.15) is 25.6 Å². The normalized spacial score (nSPS) is 10.8. The van der Waals surface area contributed by atoms with Gasteiger partial charge < -0.3 is 14.6 Å². The highest BCUT2D eigenvalue weighted by Gasteiger charge is 2.08. The van der Waals surface area contributed by atoms with Crippen molar-refractivity contribution in [3.05, 3.63) is 11.7 Å². The first kappa shape index (κ1) is 12.6. The molecular weight excluding hydrogens is 210 g/mol. The summed E-state index contributed by atoms with van der Waals surface area (Å²) in [6.45, 7) is 4.52. The fraction of sp³-hybridized carbons (Fsp3) is 0.700. The van der Waals surface area contributed by atoms with Gasteiger partial charge in [-0.15, -0.1) is 0 Å². The molecule has 1 N–H and O–H groups in total. The molecule has 1 aromatic heterocycles. The molecule has 0 fully saturated rings. The van der Waals surface area contributed by atoms with Crippen molar-refractivity contribution in [2.45, 2.75) is 26.9 Å². The van der Waals surface area contributed by atoms with Gasteiger partial charge in [0.25, 0.3) is 5.89 Å². The van der Waals surface area contributed by atoms with E-state index >= 15 is 0 Å². The van der Waals surface area contributed by atoms with Crippen LogP contribution < -0.4 is 5.32 Å². The van der Waals surface area contributed by atoms with Gasteiger partial charge in [0.05, 0.1) is 0 Å². The molecule has 0 bridgehead atoms. The van der Waals surface area contributed by atoms with Crippen molar-refractivity contribution in [1.29, 1.82) is 0 Å². The summed E-state index contributed by atoms with van der Waals surface area (Å²) in [5.74, 6) is 1.05. The topological polar surface area (TPSA) is 77.2 Å². The van der Waals surface area contributed by atoms with Crippen molar-refractivity contribution < 1.29 is 14.1 Å². The molecule has 0 radical (unpaired) electrons. The summed E-state index contributed by atoms with van der Waals surface area (Å²) in [5, 5.41) is 6.54. The molecule has 16 heavy (non-hydrogen) atoms.